The maximum Gasteiger partial charge on any atom is 0.0729 e. The first-order chi connectivity index (χ1) is 8.83. The zero-order valence-electron chi connectivity index (χ0n) is 10.9. The summed E-state index contributed by atoms with van der Waals surface area (Å²) in [6.07, 6.45) is 3.86. The van der Waals surface area contributed by atoms with Gasteiger partial charge in [0.05, 0.1) is 18.5 Å². The van der Waals surface area contributed by atoms with Crippen LogP contribution in [0, 0.1) is 0 Å². The summed E-state index contributed by atoms with van der Waals surface area (Å²) in [6, 6.07) is 8.29. The number of nitrogens with zero attached hydrogens (tertiary/aromatic N) is 2. The Balaban J connectivity index is 2.01. The highest BCUT2D eigenvalue weighted by molar-refractivity contribution is 5.40. The van der Waals surface area contributed by atoms with Crippen molar-refractivity contribution in [1.82, 2.24) is 9.78 Å². The van der Waals surface area contributed by atoms with E-state index in [1.165, 1.54) is 11.1 Å². The standard InChI is InChI=1S/C14H19N3O/c1-3-17-10-14(9-16-17)15-8-12-6-4-5-7-13(12)11-18-2/h4-7,9-10,15H,3,8,11H2,1-2H3. The number of anilines is 1. The van der Waals surface area contributed by atoms with Crippen LogP contribution in [0.1, 0.15) is 18.1 Å². The highest BCUT2D eigenvalue weighted by Gasteiger charge is 2.02. The van der Waals surface area contributed by atoms with Crippen LogP contribution in [0.3, 0.4) is 0 Å². The molecule has 4 heteroatoms. The van der Waals surface area contributed by atoms with E-state index in [2.05, 4.69) is 29.5 Å². The molecule has 0 unspecified atom stereocenters. The SMILES string of the molecule is CCn1cc(NCc2ccccc2COC)cn1. The fourth-order valence-electron chi connectivity index (χ4n) is 1.85. The number of hydrogen-bond donors (Lipinski definition) is 1. The Labute approximate surface area is 108 Å². The van der Waals surface area contributed by atoms with E-state index in [9.17, 15) is 0 Å². The molecule has 1 N–H and O–H groups in total. The minimum Gasteiger partial charge on any atom is -0.380 e. The Hall–Kier alpha value is -1.81. The van der Waals surface area contributed by atoms with Crippen LogP contribution in [-0.2, 0) is 24.4 Å². The van der Waals surface area contributed by atoms with Gasteiger partial charge in [-0.2, -0.15) is 5.10 Å². The first-order valence-electron chi connectivity index (χ1n) is 6.15. The van der Waals surface area contributed by atoms with Gasteiger partial charge in [-0.25, -0.2) is 0 Å². The van der Waals surface area contributed by atoms with E-state index in [0.717, 1.165) is 18.8 Å². The molecule has 0 radical (unpaired) electrons. The molecule has 1 aromatic heterocycles. The summed E-state index contributed by atoms with van der Waals surface area (Å²) >= 11 is 0. The minimum atomic E-state index is 0.645. The van der Waals surface area contributed by atoms with Gasteiger partial charge in [-0.1, -0.05) is 24.3 Å². The van der Waals surface area contributed by atoms with Crippen LogP contribution in [0.25, 0.3) is 0 Å². The van der Waals surface area contributed by atoms with Crippen molar-refractivity contribution in [2.45, 2.75) is 26.6 Å². The third-order valence-electron chi connectivity index (χ3n) is 2.86. The predicted molar refractivity (Wildman–Crippen MR) is 72.4 cm³/mol. The van der Waals surface area contributed by atoms with Gasteiger partial charge in [-0.15, -0.1) is 0 Å². The summed E-state index contributed by atoms with van der Waals surface area (Å²) < 4.78 is 7.10. The monoisotopic (exact) mass is 245 g/mol. The summed E-state index contributed by atoms with van der Waals surface area (Å²) in [6.45, 7) is 4.40. The molecule has 96 valence electrons. The Kier molecular flexibility index (Phi) is 4.36. The molecule has 0 saturated heterocycles. The van der Waals surface area contributed by atoms with Crippen LogP contribution in [0.4, 0.5) is 5.69 Å². The first kappa shape index (κ1) is 12.6. The molecule has 0 atom stereocenters. The molecule has 1 aromatic carbocycles. The van der Waals surface area contributed by atoms with Crippen LogP contribution < -0.4 is 5.32 Å². The second kappa shape index (κ2) is 6.21. The summed E-state index contributed by atoms with van der Waals surface area (Å²) in [5, 5.41) is 7.61. The predicted octanol–water partition coefficient (Wildman–Crippen LogP) is 2.66. The molecule has 2 aromatic rings. The number of hydrogen-bond acceptors (Lipinski definition) is 3. The van der Waals surface area contributed by atoms with E-state index < -0.39 is 0 Å². The minimum absolute atomic E-state index is 0.645. The lowest BCUT2D eigenvalue weighted by Crippen LogP contribution is -2.03. The Bertz CT molecular complexity index is 493. The van der Waals surface area contributed by atoms with Gasteiger partial charge in [0.2, 0.25) is 0 Å². The third-order valence-corrected chi connectivity index (χ3v) is 2.86. The second-order valence-corrected chi connectivity index (χ2v) is 4.14. The lowest BCUT2D eigenvalue weighted by molar-refractivity contribution is 0.184. The molecule has 0 spiro atoms. The van der Waals surface area contributed by atoms with Crippen molar-refractivity contribution in [2.24, 2.45) is 0 Å². The molecule has 0 fully saturated rings. The quantitative estimate of drug-likeness (QED) is 0.850. The fourth-order valence-corrected chi connectivity index (χ4v) is 1.85. The fraction of sp³-hybridized carbons (Fsp3) is 0.357. The third kappa shape index (κ3) is 3.11. The number of benzene rings is 1. The van der Waals surface area contributed by atoms with Crippen molar-refractivity contribution in [3.63, 3.8) is 0 Å². The van der Waals surface area contributed by atoms with Gasteiger partial charge < -0.3 is 10.1 Å². The van der Waals surface area contributed by atoms with Crippen molar-refractivity contribution >= 4 is 5.69 Å². The van der Waals surface area contributed by atoms with Crippen LogP contribution in [0.5, 0.6) is 0 Å². The molecule has 0 aliphatic carbocycles. The highest BCUT2D eigenvalue weighted by Crippen LogP contribution is 2.13. The number of aryl methyl sites for hydroxylation is 1. The largest absolute Gasteiger partial charge is 0.380 e. The number of nitrogens with one attached hydrogen (secondary N) is 1. The molecule has 2 rings (SSSR count). The van der Waals surface area contributed by atoms with Gasteiger partial charge in [0.1, 0.15) is 0 Å². The zero-order valence-corrected chi connectivity index (χ0v) is 10.9. The molecule has 0 bridgehead atoms. The Morgan fingerprint density at radius 3 is 2.72 bits per heavy atom. The van der Waals surface area contributed by atoms with Gasteiger partial charge in [-0.05, 0) is 18.1 Å². The summed E-state index contributed by atoms with van der Waals surface area (Å²) in [4.78, 5) is 0. The van der Waals surface area contributed by atoms with Gasteiger partial charge in [0.15, 0.2) is 0 Å². The van der Waals surface area contributed by atoms with E-state index in [0.29, 0.717) is 6.61 Å². The maximum atomic E-state index is 5.20. The van der Waals surface area contributed by atoms with Gasteiger partial charge in [-0.3, -0.25) is 4.68 Å². The molecule has 0 saturated carbocycles. The normalized spacial score (nSPS) is 10.6. The lowest BCUT2D eigenvalue weighted by atomic mass is 10.1. The molecular formula is C14H19N3O. The second-order valence-electron chi connectivity index (χ2n) is 4.14. The van der Waals surface area contributed by atoms with Crippen LogP contribution in [0.2, 0.25) is 0 Å². The van der Waals surface area contributed by atoms with E-state index in [1.54, 1.807) is 7.11 Å². The Morgan fingerprint density at radius 2 is 2.06 bits per heavy atom. The van der Waals surface area contributed by atoms with E-state index in [4.69, 9.17) is 4.74 Å². The van der Waals surface area contributed by atoms with Crippen molar-refractivity contribution < 1.29 is 4.74 Å². The summed E-state index contributed by atoms with van der Waals surface area (Å²) in [7, 11) is 1.72. The number of aromatic nitrogens is 2. The van der Waals surface area contributed by atoms with E-state index in [-0.39, 0.29) is 0 Å². The molecule has 4 nitrogen and oxygen atoms in total. The molecular weight excluding hydrogens is 226 g/mol. The molecule has 1 heterocycles. The molecule has 0 amide bonds. The van der Waals surface area contributed by atoms with Crippen LogP contribution >= 0.6 is 0 Å². The van der Waals surface area contributed by atoms with Gasteiger partial charge >= 0.3 is 0 Å². The van der Waals surface area contributed by atoms with E-state index in [1.807, 2.05) is 29.2 Å². The average molecular weight is 245 g/mol. The van der Waals surface area contributed by atoms with Gasteiger partial charge in [0.25, 0.3) is 0 Å². The number of methoxy groups -OCH3 is 1. The Morgan fingerprint density at radius 1 is 1.28 bits per heavy atom. The summed E-state index contributed by atoms with van der Waals surface area (Å²) in [5.74, 6) is 0. The first-order valence-corrected chi connectivity index (χ1v) is 6.15. The number of ether oxygens (including phenoxy) is 1. The van der Waals surface area contributed by atoms with Crippen molar-refractivity contribution in [3.8, 4) is 0 Å². The van der Waals surface area contributed by atoms with Crippen LogP contribution in [0.15, 0.2) is 36.7 Å². The lowest BCUT2D eigenvalue weighted by Gasteiger charge is -2.09. The maximum absolute atomic E-state index is 5.20. The molecule has 18 heavy (non-hydrogen) atoms. The molecule has 0 aliphatic heterocycles. The zero-order chi connectivity index (χ0) is 12.8. The highest BCUT2D eigenvalue weighted by atomic mass is 16.5. The topological polar surface area (TPSA) is 39.1 Å². The number of rotatable bonds is 6. The summed E-state index contributed by atoms with van der Waals surface area (Å²) in [5.41, 5.74) is 3.52. The van der Waals surface area contributed by atoms with E-state index >= 15 is 0 Å². The van der Waals surface area contributed by atoms with Crippen molar-refractivity contribution in [1.29, 1.82) is 0 Å². The van der Waals surface area contributed by atoms with Crippen molar-refractivity contribution in [2.75, 3.05) is 12.4 Å². The van der Waals surface area contributed by atoms with Gasteiger partial charge in [0, 0.05) is 26.4 Å². The smallest absolute Gasteiger partial charge is 0.0729 e. The van der Waals surface area contributed by atoms with Crippen LogP contribution in [-0.4, -0.2) is 16.9 Å². The molecule has 0 aliphatic rings. The average Bonchev–Trinajstić information content (AvgIpc) is 2.86. The van der Waals surface area contributed by atoms with Crippen molar-refractivity contribution in [3.05, 3.63) is 47.8 Å².